The minimum Gasteiger partial charge on any atom is -0.401 e. The van der Waals surface area contributed by atoms with Gasteiger partial charge in [0.25, 0.3) is 0 Å². The van der Waals surface area contributed by atoms with Crippen LogP contribution < -0.4 is 5.73 Å². The van der Waals surface area contributed by atoms with Gasteiger partial charge in [-0.1, -0.05) is 54.5 Å². The lowest BCUT2D eigenvalue weighted by Gasteiger charge is -2.45. The Balaban J connectivity index is 2.06. The molecule has 0 fully saturated rings. The Morgan fingerprint density at radius 1 is 0.976 bits per heavy atom. The maximum absolute atomic E-state index is 6.96. The number of fused-ring (bicyclic) bond motifs is 1. The van der Waals surface area contributed by atoms with Gasteiger partial charge < -0.3 is 5.73 Å². The highest BCUT2D eigenvalue weighted by Gasteiger charge is 2.48. The van der Waals surface area contributed by atoms with E-state index in [1.807, 2.05) is 0 Å². The normalized spacial score (nSPS) is 23.3. The highest BCUT2D eigenvalue weighted by atomic mass is 15.3. The lowest BCUT2D eigenvalue weighted by molar-refractivity contribution is 0.0789. The van der Waals surface area contributed by atoms with Crippen LogP contribution in [-0.2, 0) is 5.41 Å². The fraction of sp³-hybridized carbons (Fsp3) is 0.750. The van der Waals surface area contributed by atoms with E-state index in [1.165, 1.54) is 16.8 Å². The van der Waals surface area contributed by atoms with E-state index in [2.05, 4.69) is 134 Å². The molecule has 3 rings (SSSR count). The molecule has 0 aliphatic carbocycles. The zero-order chi connectivity index (χ0) is 32.4. The molecule has 1 aromatic heterocycles. The second-order valence-electron chi connectivity index (χ2n) is 16.8. The molecule has 0 saturated carbocycles. The number of nitrogens with two attached hydrogens (primary N) is 1. The first-order chi connectivity index (χ1) is 18.9. The van der Waals surface area contributed by atoms with Gasteiger partial charge in [-0.05, 0) is 82.2 Å². The average molecular weight is 579 g/mol. The van der Waals surface area contributed by atoms with Gasteiger partial charge in [0.1, 0.15) is 5.82 Å². The molecule has 6 heteroatoms. The van der Waals surface area contributed by atoms with Gasteiger partial charge in [-0.3, -0.25) is 14.8 Å². The molecular weight excluding hydrogens is 516 g/mol. The molecule has 236 valence electrons. The van der Waals surface area contributed by atoms with E-state index < -0.39 is 0 Å². The van der Waals surface area contributed by atoms with Crippen molar-refractivity contribution in [1.29, 1.82) is 0 Å². The summed E-state index contributed by atoms with van der Waals surface area (Å²) in [6, 6.07) is 0.637. The van der Waals surface area contributed by atoms with Gasteiger partial charge in [0.15, 0.2) is 0 Å². The molecule has 2 unspecified atom stereocenters. The minimum atomic E-state index is -0.246. The monoisotopic (exact) mass is 579 g/mol. The Morgan fingerprint density at radius 2 is 1.55 bits per heavy atom. The largest absolute Gasteiger partial charge is 0.401 e. The van der Waals surface area contributed by atoms with Crippen molar-refractivity contribution in [3.8, 4) is 0 Å². The van der Waals surface area contributed by atoms with E-state index in [-0.39, 0.29) is 27.3 Å². The van der Waals surface area contributed by atoms with Crippen molar-refractivity contribution in [2.75, 3.05) is 13.6 Å². The van der Waals surface area contributed by atoms with Crippen LogP contribution >= 0.6 is 0 Å². The molecule has 2 aliphatic heterocycles. The smallest absolute Gasteiger partial charge is 0.134 e. The SMILES string of the molecule is C/C=C(\N=C(/C1=C(N)CN(C(C)(C)C)C1(C)C)C(C)(C)CCC(C)(C)c1nc(C)c2c(n1)C(C)N(C)C2C)C(C)(C)C. The Bertz CT molecular complexity index is 1280. The van der Waals surface area contributed by atoms with Crippen molar-refractivity contribution < 1.29 is 0 Å². The fourth-order valence-corrected chi connectivity index (χ4v) is 7.15. The predicted octanol–water partition coefficient (Wildman–Crippen LogP) is 8.43. The Kier molecular flexibility index (Phi) is 9.14. The third kappa shape index (κ3) is 6.26. The summed E-state index contributed by atoms with van der Waals surface area (Å²) in [4.78, 5) is 20.8. The van der Waals surface area contributed by atoms with Gasteiger partial charge >= 0.3 is 0 Å². The van der Waals surface area contributed by atoms with Crippen LogP contribution in [0.2, 0.25) is 0 Å². The molecule has 0 spiro atoms. The number of hydrogen-bond donors (Lipinski definition) is 1. The van der Waals surface area contributed by atoms with E-state index in [9.17, 15) is 0 Å². The summed E-state index contributed by atoms with van der Waals surface area (Å²) in [6.45, 7) is 37.0. The predicted molar refractivity (Wildman–Crippen MR) is 180 cm³/mol. The first kappa shape index (κ1) is 34.4. The molecule has 42 heavy (non-hydrogen) atoms. The van der Waals surface area contributed by atoms with Gasteiger partial charge in [-0.2, -0.15) is 0 Å². The molecule has 0 aromatic carbocycles. The topological polar surface area (TPSA) is 70.6 Å². The third-order valence-electron chi connectivity index (χ3n) is 10.1. The van der Waals surface area contributed by atoms with Crippen LogP contribution in [0.15, 0.2) is 28.0 Å². The molecule has 6 nitrogen and oxygen atoms in total. The summed E-state index contributed by atoms with van der Waals surface area (Å²) in [5, 5.41) is 0. The fourth-order valence-electron chi connectivity index (χ4n) is 7.15. The van der Waals surface area contributed by atoms with Gasteiger partial charge in [0.2, 0.25) is 0 Å². The molecule has 2 atom stereocenters. The summed E-state index contributed by atoms with van der Waals surface area (Å²) in [5.74, 6) is 0.949. The molecule has 3 heterocycles. The Morgan fingerprint density at radius 3 is 2.02 bits per heavy atom. The van der Waals surface area contributed by atoms with Gasteiger partial charge in [-0.25, -0.2) is 9.97 Å². The first-order valence-corrected chi connectivity index (χ1v) is 16.0. The van der Waals surface area contributed by atoms with Crippen molar-refractivity contribution >= 4 is 5.71 Å². The number of aliphatic imine (C=N–C) groups is 1. The number of rotatable bonds is 7. The molecule has 1 aromatic rings. The molecule has 2 N–H and O–H groups in total. The van der Waals surface area contributed by atoms with Crippen molar-refractivity contribution in [3.05, 3.63) is 45.8 Å². The summed E-state index contributed by atoms with van der Waals surface area (Å²) in [7, 11) is 2.19. The third-order valence-corrected chi connectivity index (χ3v) is 10.1. The van der Waals surface area contributed by atoms with Crippen molar-refractivity contribution in [2.45, 2.75) is 152 Å². The molecule has 0 amide bonds. The summed E-state index contributed by atoms with van der Waals surface area (Å²) < 4.78 is 0. The second kappa shape index (κ2) is 11.1. The van der Waals surface area contributed by atoms with Crippen LogP contribution in [0.25, 0.3) is 0 Å². The standard InChI is InChI=1S/C36H62N6/c1-18-26(32(5,6)7)39-30(28-25(37)21-42(33(8,9)10)36(28,15)16)34(11,12)19-20-35(13,14)31-38-22(2)27-23(3)41(17)24(4)29(27)40-31/h18,23-24H,19-21,37H2,1-17H3/b26-18-,39-30+. The number of nitrogens with zero attached hydrogens (tertiary/aromatic N) is 5. The van der Waals surface area contributed by atoms with Crippen molar-refractivity contribution in [3.63, 3.8) is 0 Å². The molecule has 0 radical (unpaired) electrons. The molecule has 0 bridgehead atoms. The lowest BCUT2D eigenvalue weighted by atomic mass is 9.71. The lowest BCUT2D eigenvalue weighted by Crippen LogP contribution is -2.53. The second-order valence-corrected chi connectivity index (χ2v) is 16.8. The number of hydrogen-bond acceptors (Lipinski definition) is 6. The van der Waals surface area contributed by atoms with Crippen LogP contribution in [0.5, 0.6) is 0 Å². The first-order valence-electron chi connectivity index (χ1n) is 16.0. The van der Waals surface area contributed by atoms with Crippen LogP contribution in [0.3, 0.4) is 0 Å². The Labute approximate surface area is 258 Å². The molecular formula is C36H62N6. The van der Waals surface area contributed by atoms with Crippen LogP contribution in [0.4, 0.5) is 0 Å². The highest BCUT2D eigenvalue weighted by molar-refractivity contribution is 6.07. The van der Waals surface area contributed by atoms with Crippen LogP contribution in [0, 0.1) is 17.8 Å². The number of allylic oxidation sites excluding steroid dienone is 2. The maximum Gasteiger partial charge on any atom is 0.134 e. The van der Waals surface area contributed by atoms with E-state index in [4.69, 9.17) is 20.7 Å². The maximum atomic E-state index is 6.96. The zero-order valence-electron chi connectivity index (χ0n) is 30.2. The van der Waals surface area contributed by atoms with Crippen molar-refractivity contribution in [2.24, 2.45) is 21.6 Å². The van der Waals surface area contributed by atoms with Gasteiger partial charge in [0.05, 0.1) is 11.4 Å². The van der Waals surface area contributed by atoms with Crippen LogP contribution in [0.1, 0.15) is 152 Å². The summed E-state index contributed by atoms with van der Waals surface area (Å²) in [5.41, 5.74) is 14.1. The number of aryl methyl sites for hydroxylation is 1. The van der Waals surface area contributed by atoms with E-state index in [0.717, 1.165) is 48.0 Å². The quantitative estimate of drug-likeness (QED) is 0.329. The summed E-state index contributed by atoms with van der Waals surface area (Å²) in [6.07, 6.45) is 4.04. The zero-order valence-corrected chi connectivity index (χ0v) is 30.2. The molecule has 0 saturated heterocycles. The molecule has 2 aliphatic rings. The number of aromatic nitrogens is 2. The van der Waals surface area contributed by atoms with Gasteiger partial charge in [-0.15, -0.1) is 0 Å². The average Bonchev–Trinajstić information content (AvgIpc) is 3.21. The van der Waals surface area contributed by atoms with Crippen LogP contribution in [-0.4, -0.2) is 50.1 Å². The summed E-state index contributed by atoms with van der Waals surface area (Å²) >= 11 is 0. The van der Waals surface area contributed by atoms with E-state index >= 15 is 0 Å². The Hall–Kier alpha value is -2.05. The van der Waals surface area contributed by atoms with Crippen molar-refractivity contribution in [1.82, 2.24) is 19.8 Å². The van der Waals surface area contributed by atoms with E-state index in [0.29, 0.717) is 12.1 Å². The minimum absolute atomic E-state index is 0.0218. The van der Waals surface area contributed by atoms with E-state index in [1.54, 1.807) is 0 Å². The highest BCUT2D eigenvalue weighted by Crippen LogP contribution is 2.46. The van der Waals surface area contributed by atoms with Gasteiger partial charge in [0, 0.05) is 74.2 Å².